The molecule has 2 aromatic carbocycles. The summed E-state index contributed by atoms with van der Waals surface area (Å²) in [6.45, 7) is 3.61. The van der Waals surface area contributed by atoms with Crippen LogP contribution in [-0.4, -0.2) is 56.0 Å². The second-order valence-electron chi connectivity index (χ2n) is 7.39. The van der Waals surface area contributed by atoms with Gasteiger partial charge in [0.05, 0.1) is 12.0 Å². The Kier molecular flexibility index (Phi) is 6.50. The number of nitrogens with zero attached hydrogens (tertiary/aromatic N) is 4. The van der Waals surface area contributed by atoms with Crippen molar-refractivity contribution in [3.63, 3.8) is 0 Å². The molecule has 0 saturated carbocycles. The number of benzene rings is 2. The number of halogens is 1. The van der Waals surface area contributed by atoms with E-state index in [-0.39, 0.29) is 4.90 Å². The lowest BCUT2D eigenvalue weighted by Gasteiger charge is -2.34. The molecule has 0 amide bonds. The molecule has 2 heterocycles. The summed E-state index contributed by atoms with van der Waals surface area (Å²) in [6.07, 6.45) is 0. The van der Waals surface area contributed by atoms with Gasteiger partial charge in [-0.25, -0.2) is 13.4 Å². The molecule has 0 radical (unpaired) electrons. The molecule has 1 aromatic heterocycles. The maximum absolute atomic E-state index is 13.0. The van der Waals surface area contributed by atoms with Gasteiger partial charge in [-0.3, -0.25) is 0 Å². The molecule has 1 saturated heterocycles. The van der Waals surface area contributed by atoms with Gasteiger partial charge >= 0.3 is 0 Å². The van der Waals surface area contributed by atoms with Crippen molar-refractivity contribution in [2.24, 2.45) is 0 Å². The van der Waals surface area contributed by atoms with E-state index in [0.717, 1.165) is 11.4 Å². The van der Waals surface area contributed by atoms with E-state index >= 15 is 0 Å². The van der Waals surface area contributed by atoms with Crippen molar-refractivity contribution in [2.75, 3.05) is 43.5 Å². The number of methoxy groups -OCH3 is 1. The second-order valence-corrected chi connectivity index (χ2v) is 9.77. The number of ether oxygens (including phenoxy) is 1. The lowest BCUT2D eigenvalue weighted by molar-refractivity contribution is 0.382. The van der Waals surface area contributed by atoms with Gasteiger partial charge in [0.15, 0.2) is 0 Å². The number of hydrogen-bond donors (Lipinski definition) is 1. The van der Waals surface area contributed by atoms with Crippen LogP contribution in [0, 0.1) is 6.92 Å². The molecule has 1 aliphatic rings. The average molecular weight is 474 g/mol. The number of piperazine rings is 1. The third-order valence-corrected chi connectivity index (χ3v) is 7.34. The predicted octanol–water partition coefficient (Wildman–Crippen LogP) is 3.70. The normalized spacial score (nSPS) is 14.9. The Bertz CT molecular complexity index is 1180. The van der Waals surface area contributed by atoms with Gasteiger partial charge in [0.2, 0.25) is 16.0 Å². The SMILES string of the molecule is COc1ccc(S(=O)(=O)N2CCN(c3nc(C)cc(Nc4ccc(Cl)cc4)n3)CC2)cc1. The fourth-order valence-electron chi connectivity index (χ4n) is 3.46. The first kappa shape index (κ1) is 22.3. The van der Waals surface area contributed by atoms with Gasteiger partial charge in [-0.15, -0.1) is 0 Å². The highest BCUT2D eigenvalue weighted by Gasteiger charge is 2.29. The molecule has 4 rings (SSSR count). The van der Waals surface area contributed by atoms with Crippen LogP contribution in [0.3, 0.4) is 0 Å². The van der Waals surface area contributed by atoms with Crippen LogP contribution in [0.1, 0.15) is 5.69 Å². The van der Waals surface area contributed by atoms with E-state index < -0.39 is 10.0 Å². The van der Waals surface area contributed by atoms with Crippen LogP contribution in [0.2, 0.25) is 5.02 Å². The molecule has 0 bridgehead atoms. The highest BCUT2D eigenvalue weighted by atomic mass is 35.5. The minimum absolute atomic E-state index is 0.257. The molecule has 1 aliphatic heterocycles. The minimum Gasteiger partial charge on any atom is -0.497 e. The highest BCUT2D eigenvalue weighted by Crippen LogP contribution is 2.24. The summed E-state index contributed by atoms with van der Waals surface area (Å²) in [4.78, 5) is 11.4. The molecule has 8 nitrogen and oxygen atoms in total. The topological polar surface area (TPSA) is 87.7 Å². The lowest BCUT2D eigenvalue weighted by Crippen LogP contribution is -2.49. The summed E-state index contributed by atoms with van der Waals surface area (Å²) in [6, 6.07) is 15.7. The molecular formula is C22H24ClN5O3S. The van der Waals surface area contributed by atoms with Crippen LogP contribution in [0.5, 0.6) is 5.75 Å². The van der Waals surface area contributed by atoms with Gasteiger partial charge in [-0.05, 0) is 55.5 Å². The Labute approximate surface area is 192 Å². The van der Waals surface area contributed by atoms with Crippen LogP contribution in [0.4, 0.5) is 17.5 Å². The molecule has 0 aliphatic carbocycles. The molecular weight excluding hydrogens is 450 g/mol. The van der Waals surface area contributed by atoms with Crippen LogP contribution < -0.4 is 15.0 Å². The lowest BCUT2D eigenvalue weighted by atomic mass is 10.3. The average Bonchev–Trinajstić information content (AvgIpc) is 2.80. The van der Waals surface area contributed by atoms with Crippen LogP contribution >= 0.6 is 11.6 Å². The summed E-state index contributed by atoms with van der Waals surface area (Å²) in [5.74, 6) is 1.86. The van der Waals surface area contributed by atoms with Crippen LogP contribution in [-0.2, 0) is 10.0 Å². The van der Waals surface area contributed by atoms with Crippen LogP contribution in [0.25, 0.3) is 0 Å². The number of nitrogens with one attached hydrogen (secondary N) is 1. The number of aryl methyl sites for hydroxylation is 1. The molecule has 168 valence electrons. The molecule has 0 spiro atoms. The monoisotopic (exact) mass is 473 g/mol. The summed E-state index contributed by atoms with van der Waals surface area (Å²) < 4.78 is 32.6. The zero-order chi connectivity index (χ0) is 22.7. The van der Waals surface area contributed by atoms with Gasteiger partial charge in [0.1, 0.15) is 11.6 Å². The molecule has 0 unspecified atom stereocenters. The van der Waals surface area contributed by atoms with E-state index in [1.165, 1.54) is 4.31 Å². The van der Waals surface area contributed by atoms with E-state index in [4.69, 9.17) is 16.3 Å². The summed E-state index contributed by atoms with van der Waals surface area (Å²) in [7, 11) is -2.02. The van der Waals surface area contributed by atoms with E-state index in [1.807, 2.05) is 30.0 Å². The largest absolute Gasteiger partial charge is 0.497 e. The number of anilines is 3. The molecule has 1 N–H and O–H groups in total. The maximum Gasteiger partial charge on any atom is 0.243 e. The van der Waals surface area contributed by atoms with E-state index in [2.05, 4.69) is 15.3 Å². The first-order valence-electron chi connectivity index (χ1n) is 10.1. The zero-order valence-electron chi connectivity index (χ0n) is 17.8. The van der Waals surface area contributed by atoms with Gasteiger partial charge in [-0.2, -0.15) is 9.29 Å². The van der Waals surface area contributed by atoms with Gasteiger partial charge in [-0.1, -0.05) is 11.6 Å². The quantitative estimate of drug-likeness (QED) is 0.584. The number of rotatable bonds is 6. The fraction of sp³-hybridized carbons (Fsp3) is 0.273. The third kappa shape index (κ3) is 4.95. The predicted molar refractivity (Wildman–Crippen MR) is 125 cm³/mol. The van der Waals surface area contributed by atoms with Gasteiger partial charge in [0.25, 0.3) is 0 Å². The fourth-order valence-corrected chi connectivity index (χ4v) is 5.01. The van der Waals surface area contributed by atoms with E-state index in [9.17, 15) is 8.42 Å². The Balaban J connectivity index is 1.45. The third-order valence-electron chi connectivity index (χ3n) is 5.18. The van der Waals surface area contributed by atoms with Crippen molar-refractivity contribution < 1.29 is 13.2 Å². The zero-order valence-corrected chi connectivity index (χ0v) is 19.4. The van der Waals surface area contributed by atoms with E-state index in [1.54, 1.807) is 43.5 Å². The first-order valence-corrected chi connectivity index (χ1v) is 11.9. The van der Waals surface area contributed by atoms with Crippen LogP contribution in [0.15, 0.2) is 59.5 Å². The second kappa shape index (κ2) is 9.32. The van der Waals surface area contributed by atoms with Crippen molar-refractivity contribution in [3.05, 3.63) is 65.3 Å². The summed E-state index contributed by atoms with van der Waals surface area (Å²) in [5.41, 5.74) is 1.69. The molecule has 1 fully saturated rings. The first-order chi connectivity index (χ1) is 15.3. The highest BCUT2D eigenvalue weighted by molar-refractivity contribution is 7.89. The number of aromatic nitrogens is 2. The Hall–Kier alpha value is -2.88. The summed E-state index contributed by atoms with van der Waals surface area (Å²) >= 11 is 5.95. The van der Waals surface area contributed by atoms with Crippen molar-refractivity contribution >= 4 is 39.1 Å². The molecule has 10 heteroatoms. The molecule has 3 aromatic rings. The number of hydrogen-bond acceptors (Lipinski definition) is 7. The smallest absolute Gasteiger partial charge is 0.243 e. The van der Waals surface area contributed by atoms with Crippen molar-refractivity contribution in [1.82, 2.24) is 14.3 Å². The standard InChI is InChI=1S/C22H24ClN5O3S/c1-16-15-21(25-18-5-3-17(23)4-6-18)26-22(24-16)27-11-13-28(14-12-27)32(29,30)20-9-7-19(31-2)8-10-20/h3-10,15H,11-14H2,1-2H3,(H,24,25,26). The molecule has 0 atom stereocenters. The van der Waals surface area contributed by atoms with E-state index in [0.29, 0.717) is 48.7 Å². The van der Waals surface area contributed by atoms with Crippen molar-refractivity contribution in [2.45, 2.75) is 11.8 Å². The molecule has 32 heavy (non-hydrogen) atoms. The minimum atomic E-state index is -3.57. The Morgan fingerprint density at radius 2 is 1.62 bits per heavy atom. The Morgan fingerprint density at radius 3 is 2.25 bits per heavy atom. The van der Waals surface area contributed by atoms with Crippen molar-refractivity contribution in [1.29, 1.82) is 0 Å². The van der Waals surface area contributed by atoms with Gasteiger partial charge in [0, 0.05) is 48.6 Å². The maximum atomic E-state index is 13.0. The number of sulfonamides is 1. The summed E-state index contributed by atoms with van der Waals surface area (Å²) in [5, 5.41) is 3.93. The Morgan fingerprint density at radius 1 is 0.969 bits per heavy atom. The van der Waals surface area contributed by atoms with Gasteiger partial charge < -0.3 is 15.0 Å². The van der Waals surface area contributed by atoms with Crippen molar-refractivity contribution in [3.8, 4) is 5.75 Å².